The molecule has 1 N–H and O–H groups in total. The summed E-state index contributed by atoms with van der Waals surface area (Å²) in [6.07, 6.45) is 1.90. The Morgan fingerprint density at radius 2 is 2.05 bits per heavy atom. The summed E-state index contributed by atoms with van der Waals surface area (Å²) in [6, 6.07) is 2.00. The van der Waals surface area contributed by atoms with Gasteiger partial charge in [0.15, 0.2) is 0 Å². The monoisotopic (exact) mass is 282 g/mol. The molecule has 0 saturated carbocycles. The molecular weight excluding hydrogens is 260 g/mol. The van der Waals surface area contributed by atoms with Crippen molar-refractivity contribution < 1.29 is 4.21 Å². The maximum Gasteiger partial charge on any atom is 0.134 e. The summed E-state index contributed by atoms with van der Waals surface area (Å²) >= 11 is 0. The van der Waals surface area contributed by atoms with E-state index >= 15 is 0 Å². The summed E-state index contributed by atoms with van der Waals surface area (Å²) < 4.78 is 11.4. The van der Waals surface area contributed by atoms with E-state index in [1.807, 2.05) is 6.07 Å². The van der Waals surface area contributed by atoms with E-state index in [1.165, 1.54) is 0 Å². The van der Waals surface area contributed by atoms with Gasteiger partial charge in [-0.25, -0.2) is 9.97 Å². The van der Waals surface area contributed by atoms with Crippen LogP contribution in [-0.4, -0.2) is 45.3 Å². The van der Waals surface area contributed by atoms with Gasteiger partial charge in [-0.2, -0.15) is 0 Å². The van der Waals surface area contributed by atoms with Crippen LogP contribution < -0.4 is 10.2 Å². The number of nitrogens with one attached hydrogen (secondary N) is 1. The minimum atomic E-state index is -0.653. The topological polar surface area (TPSA) is 58.1 Å². The van der Waals surface area contributed by atoms with Gasteiger partial charge in [-0.05, 0) is 6.42 Å². The fourth-order valence-electron chi connectivity index (χ4n) is 2.01. The van der Waals surface area contributed by atoms with Gasteiger partial charge >= 0.3 is 0 Å². The summed E-state index contributed by atoms with van der Waals surface area (Å²) in [5, 5.41) is 3.32. The molecule has 1 aromatic rings. The zero-order valence-corrected chi connectivity index (χ0v) is 12.5. The highest BCUT2D eigenvalue weighted by Gasteiger charge is 2.17. The Labute approximate surface area is 117 Å². The highest BCUT2D eigenvalue weighted by atomic mass is 32.2. The molecule has 0 bridgehead atoms. The predicted molar refractivity (Wildman–Crippen MR) is 80.3 cm³/mol. The van der Waals surface area contributed by atoms with Crippen molar-refractivity contribution >= 4 is 22.4 Å². The fourth-order valence-corrected chi connectivity index (χ4v) is 3.07. The van der Waals surface area contributed by atoms with Crippen LogP contribution >= 0.6 is 0 Å². The second-order valence-corrected chi connectivity index (χ2v) is 6.34. The number of hydrogen-bond donors (Lipinski definition) is 1. The molecule has 0 amide bonds. The lowest BCUT2D eigenvalue weighted by atomic mass is 10.3. The van der Waals surface area contributed by atoms with Crippen molar-refractivity contribution in [3.8, 4) is 0 Å². The summed E-state index contributed by atoms with van der Waals surface area (Å²) in [5.41, 5.74) is 0. The van der Waals surface area contributed by atoms with Gasteiger partial charge in [0.25, 0.3) is 0 Å². The van der Waals surface area contributed by atoms with Crippen molar-refractivity contribution in [2.24, 2.45) is 0 Å². The van der Waals surface area contributed by atoms with Crippen molar-refractivity contribution in [1.82, 2.24) is 9.97 Å². The second kappa shape index (κ2) is 6.84. The van der Waals surface area contributed by atoms with Crippen LogP contribution in [0.5, 0.6) is 0 Å². The number of rotatable bonds is 5. The Kier molecular flexibility index (Phi) is 5.13. The molecule has 19 heavy (non-hydrogen) atoms. The molecule has 106 valence electrons. The first-order valence-corrected chi connectivity index (χ1v) is 8.43. The molecule has 0 aliphatic carbocycles. The van der Waals surface area contributed by atoms with Gasteiger partial charge in [0.05, 0.1) is 0 Å². The van der Waals surface area contributed by atoms with E-state index in [-0.39, 0.29) is 0 Å². The van der Waals surface area contributed by atoms with E-state index in [0.29, 0.717) is 0 Å². The average Bonchev–Trinajstić information content (AvgIpc) is 2.45. The van der Waals surface area contributed by atoms with Crippen molar-refractivity contribution in [3.63, 3.8) is 0 Å². The van der Waals surface area contributed by atoms with Crippen molar-refractivity contribution in [3.05, 3.63) is 11.9 Å². The molecule has 0 aromatic carbocycles. The molecule has 1 saturated heterocycles. The quantitative estimate of drug-likeness (QED) is 0.885. The van der Waals surface area contributed by atoms with E-state index in [1.54, 1.807) is 0 Å². The van der Waals surface area contributed by atoms with Crippen molar-refractivity contribution in [1.29, 1.82) is 0 Å². The van der Waals surface area contributed by atoms with Crippen LogP contribution in [0, 0.1) is 0 Å². The third-order valence-electron chi connectivity index (χ3n) is 3.13. The lowest BCUT2D eigenvalue weighted by Crippen LogP contribution is -2.38. The van der Waals surface area contributed by atoms with Crippen molar-refractivity contribution in [2.45, 2.75) is 26.7 Å². The van der Waals surface area contributed by atoms with E-state index < -0.39 is 10.8 Å². The van der Waals surface area contributed by atoms with Gasteiger partial charge in [-0.3, -0.25) is 4.21 Å². The van der Waals surface area contributed by atoms with Crippen LogP contribution in [0.15, 0.2) is 6.07 Å². The number of anilines is 2. The molecule has 2 heterocycles. The van der Waals surface area contributed by atoms with E-state index in [0.717, 1.165) is 61.4 Å². The first kappa shape index (κ1) is 14.2. The molecule has 2 rings (SSSR count). The van der Waals surface area contributed by atoms with E-state index in [4.69, 9.17) is 0 Å². The highest BCUT2D eigenvalue weighted by Crippen LogP contribution is 2.18. The van der Waals surface area contributed by atoms with Gasteiger partial charge in [0.2, 0.25) is 0 Å². The van der Waals surface area contributed by atoms with Gasteiger partial charge in [0.1, 0.15) is 17.5 Å². The molecule has 1 fully saturated rings. The van der Waals surface area contributed by atoms with Crippen LogP contribution in [0.1, 0.15) is 26.1 Å². The van der Waals surface area contributed by atoms with Gasteiger partial charge in [0, 0.05) is 54.4 Å². The van der Waals surface area contributed by atoms with Crippen LogP contribution in [0.2, 0.25) is 0 Å². The smallest absolute Gasteiger partial charge is 0.134 e. The standard InChI is InChI=1S/C13H22N4OS/c1-3-5-14-12-10-13(16-11(4-2)15-12)17-6-8-19(18)9-7-17/h10H,3-9H2,1-2H3,(H,14,15,16). The van der Waals surface area contributed by atoms with Crippen LogP contribution in [-0.2, 0) is 17.2 Å². The molecule has 5 nitrogen and oxygen atoms in total. The summed E-state index contributed by atoms with van der Waals surface area (Å²) in [5.74, 6) is 4.20. The number of nitrogens with zero attached hydrogens (tertiary/aromatic N) is 3. The minimum Gasteiger partial charge on any atom is -0.370 e. The van der Waals surface area contributed by atoms with Crippen LogP contribution in [0.3, 0.4) is 0 Å². The molecule has 1 aromatic heterocycles. The van der Waals surface area contributed by atoms with Gasteiger partial charge in [-0.15, -0.1) is 0 Å². The largest absolute Gasteiger partial charge is 0.370 e. The normalized spacial score (nSPS) is 16.6. The minimum absolute atomic E-state index is 0.653. The first-order valence-electron chi connectivity index (χ1n) is 6.94. The summed E-state index contributed by atoms with van der Waals surface area (Å²) in [4.78, 5) is 11.3. The lowest BCUT2D eigenvalue weighted by molar-refractivity contribution is 0.672. The zero-order chi connectivity index (χ0) is 13.7. The maximum absolute atomic E-state index is 11.4. The summed E-state index contributed by atoms with van der Waals surface area (Å²) in [7, 11) is -0.653. The van der Waals surface area contributed by atoms with E-state index in [2.05, 4.69) is 34.0 Å². The van der Waals surface area contributed by atoms with Crippen molar-refractivity contribution in [2.75, 3.05) is 41.4 Å². The maximum atomic E-state index is 11.4. The third kappa shape index (κ3) is 3.89. The Balaban J connectivity index is 2.16. The Hall–Kier alpha value is -1.17. The Bertz CT molecular complexity index is 442. The first-order chi connectivity index (χ1) is 9.22. The molecule has 0 atom stereocenters. The molecule has 6 heteroatoms. The number of aromatic nitrogens is 2. The molecule has 0 spiro atoms. The lowest BCUT2D eigenvalue weighted by Gasteiger charge is -2.27. The summed E-state index contributed by atoms with van der Waals surface area (Å²) in [6.45, 7) is 6.76. The molecule has 0 radical (unpaired) electrons. The predicted octanol–water partition coefficient (Wildman–Crippen LogP) is 1.43. The molecule has 1 aliphatic rings. The van der Waals surface area contributed by atoms with E-state index in [9.17, 15) is 4.21 Å². The number of aryl methyl sites for hydroxylation is 1. The Morgan fingerprint density at radius 3 is 2.68 bits per heavy atom. The highest BCUT2D eigenvalue weighted by molar-refractivity contribution is 7.85. The average molecular weight is 282 g/mol. The third-order valence-corrected chi connectivity index (χ3v) is 4.41. The molecule has 0 unspecified atom stereocenters. The molecular formula is C13H22N4OS. The fraction of sp³-hybridized carbons (Fsp3) is 0.692. The zero-order valence-electron chi connectivity index (χ0n) is 11.7. The van der Waals surface area contributed by atoms with Crippen LogP contribution in [0.25, 0.3) is 0 Å². The SMILES string of the molecule is CCCNc1cc(N2CCS(=O)CC2)nc(CC)n1. The number of hydrogen-bond acceptors (Lipinski definition) is 5. The second-order valence-electron chi connectivity index (χ2n) is 4.64. The van der Waals surface area contributed by atoms with Gasteiger partial charge < -0.3 is 10.2 Å². The van der Waals surface area contributed by atoms with Crippen LogP contribution in [0.4, 0.5) is 11.6 Å². The Morgan fingerprint density at radius 1 is 1.32 bits per heavy atom. The van der Waals surface area contributed by atoms with Gasteiger partial charge in [-0.1, -0.05) is 13.8 Å². The molecule has 1 aliphatic heterocycles.